The van der Waals surface area contributed by atoms with Gasteiger partial charge in [-0.2, -0.15) is 0 Å². The number of fused-ring (bicyclic) bond motifs is 13. The highest BCUT2D eigenvalue weighted by atomic mass is 15.1. The second kappa shape index (κ2) is 15.4. The van der Waals surface area contributed by atoms with Gasteiger partial charge >= 0.3 is 0 Å². The van der Waals surface area contributed by atoms with E-state index in [1.807, 2.05) is 0 Å². The van der Waals surface area contributed by atoms with Crippen LogP contribution >= 0.6 is 0 Å². The molecule has 0 N–H and O–H groups in total. The summed E-state index contributed by atoms with van der Waals surface area (Å²) in [5.41, 5.74) is 25.1. The standard InChI is InChI=1S/C68H45N/c1-4-21-46(22-5-1)47-39-41-48(42-40-47)52-27-14-19-37-64(52)69(65-38-20-36-62-66(65)57-31-13-18-35-61(57)67(62,49-23-6-2-7-24-49)50-25-8-3-9-26-50)51-43-44-56-55-30-12-17-34-60(55)68(63(56)45-51)58-32-15-10-28-53(58)54-29-11-16-33-59(54)68/h1-45H. The molecule has 11 aromatic carbocycles. The molecule has 322 valence electrons. The minimum Gasteiger partial charge on any atom is -0.309 e. The van der Waals surface area contributed by atoms with Gasteiger partial charge in [0.25, 0.3) is 0 Å². The van der Waals surface area contributed by atoms with Crippen molar-refractivity contribution in [2.75, 3.05) is 4.90 Å². The van der Waals surface area contributed by atoms with Crippen molar-refractivity contribution in [1.82, 2.24) is 0 Å². The van der Waals surface area contributed by atoms with Gasteiger partial charge in [-0.05, 0) is 113 Å². The molecule has 69 heavy (non-hydrogen) atoms. The van der Waals surface area contributed by atoms with E-state index in [1.165, 1.54) is 89.0 Å². The van der Waals surface area contributed by atoms with Crippen molar-refractivity contribution in [1.29, 1.82) is 0 Å². The molecule has 11 aromatic rings. The van der Waals surface area contributed by atoms with Crippen LogP contribution in [0.1, 0.15) is 44.5 Å². The highest BCUT2D eigenvalue weighted by molar-refractivity contribution is 6.01. The van der Waals surface area contributed by atoms with Gasteiger partial charge < -0.3 is 4.90 Å². The Labute approximate surface area is 403 Å². The molecule has 0 aromatic heterocycles. The molecule has 3 aliphatic rings. The van der Waals surface area contributed by atoms with Gasteiger partial charge in [0.05, 0.1) is 22.2 Å². The molecule has 0 radical (unpaired) electrons. The van der Waals surface area contributed by atoms with Gasteiger partial charge in [-0.3, -0.25) is 0 Å². The summed E-state index contributed by atoms with van der Waals surface area (Å²) in [7, 11) is 0. The van der Waals surface area contributed by atoms with Crippen LogP contribution in [0, 0.1) is 0 Å². The van der Waals surface area contributed by atoms with E-state index in [1.54, 1.807) is 0 Å². The van der Waals surface area contributed by atoms with E-state index in [2.05, 4.69) is 278 Å². The summed E-state index contributed by atoms with van der Waals surface area (Å²) in [6, 6.07) is 102. The normalized spacial score (nSPS) is 13.7. The number of para-hydroxylation sites is 1. The maximum atomic E-state index is 2.58. The number of hydrogen-bond donors (Lipinski definition) is 0. The molecule has 0 unspecified atom stereocenters. The number of rotatable bonds is 7. The zero-order valence-corrected chi connectivity index (χ0v) is 37.9. The molecule has 0 fully saturated rings. The first kappa shape index (κ1) is 39.4. The molecule has 0 bridgehead atoms. The molecule has 0 atom stereocenters. The highest BCUT2D eigenvalue weighted by Gasteiger charge is 2.52. The third-order valence-corrected chi connectivity index (χ3v) is 15.4. The molecule has 1 spiro atoms. The molecule has 0 heterocycles. The fourth-order valence-corrected chi connectivity index (χ4v) is 12.7. The molecule has 0 aliphatic heterocycles. The average molecular weight is 876 g/mol. The van der Waals surface area contributed by atoms with E-state index in [0.717, 1.165) is 28.2 Å². The van der Waals surface area contributed by atoms with Crippen molar-refractivity contribution in [3.63, 3.8) is 0 Å². The molecule has 3 aliphatic carbocycles. The third-order valence-electron chi connectivity index (χ3n) is 15.4. The van der Waals surface area contributed by atoms with Crippen LogP contribution in [-0.4, -0.2) is 0 Å². The lowest BCUT2D eigenvalue weighted by Gasteiger charge is -2.35. The Morgan fingerprint density at radius 1 is 0.232 bits per heavy atom. The molecule has 1 nitrogen and oxygen atoms in total. The van der Waals surface area contributed by atoms with Crippen molar-refractivity contribution < 1.29 is 0 Å². The van der Waals surface area contributed by atoms with Crippen molar-refractivity contribution in [2.45, 2.75) is 10.8 Å². The van der Waals surface area contributed by atoms with Gasteiger partial charge in [-0.1, -0.05) is 249 Å². The minimum atomic E-state index is -0.552. The predicted molar refractivity (Wildman–Crippen MR) is 286 cm³/mol. The lowest BCUT2D eigenvalue weighted by molar-refractivity contribution is 0.768. The molecule has 1 heteroatoms. The van der Waals surface area contributed by atoms with E-state index in [4.69, 9.17) is 0 Å². The SMILES string of the molecule is c1ccc(-c2ccc(-c3ccccc3N(c3ccc4c(c3)C3(c5ccccc5-c5ccccc53)c3ccccc3-4)c3cccc4c3-c3ccccc3C4(c3ccccc3)c3ccccc3)cc2)cc1. The van der Waals surface area contributed by atoms with Crippen LogP contribution in [0.4, 0.5) is 17.1 Å². The highest BCUT2D eigenvalue weighted by Crippen LogP contribution is 2.64. The summed E-state index contributed by atoms with van der Waals surface area (Å²) in [5.74, 6) is 0. The number of benzene rings is 11. The van der Waals surface area contributed by atoms with Crippen molar-refractivity contribution >= 4 is 17.1 Å². The summed E-state index contributed by atoms with van der Waals surface area (Å²) in [6.45, 7) is 0. The maximum absolute atomic E-state index is 2.58. The Morgan fingerprint density at radius 3 is 1.22 bits per heavy atom. The van der Waals surface area contributed by atoms with Gasteiger partial charge in [0.1, 0.15) is 0 Å². The lowest BCUT2D eigenvalue weighted by Crippen LogP contribution is -2.28. The quantitative estimate of drug-likeness (QED) is 0.154. The lowest BCUT2D eigenvalue weighted by atomic mass is 9.68. The van der Waals surface area contributed by atoms with Gasteiger partial charge in [0, 0.05) is 16.8 Å². The van der Waals surface area contributed by atoms with E-state index in [0.29, 0.717) is 0 Å². The Bertz CT molecular complexity index is 3670. The first-order chi connectivity index (χ1) is 34.3. The average Bonchev–Trinajstić information content (AvgIpc) is 4.02. The van der Waals surface area contributed by atoms with Crippen LogP contribution < -0.4 is 4.90 Å². The Kier molecular flexibility index (Phi) is 8.78. The smallest absolute Gasteiger partial charge is 0.0726 e. The predicted octanol–water partition coefficient (Wildman–Crippen LogP) is 17.2. The van der Waals surface area contributed by atoms with Gasteiger partial charge in [0.2, 0.25) is 0 Å². The Morgan fingerprint density at radius 2 is 0.638 bits per heavy atom. The number of nitrogens with zero attached hydrogens (tertiary/aromatic N) is 1. The van der Waals surface area contributed by atoms with E-state index < -0.39 is 10.8 Å². The molecular weight excluding hydrogens is 831 g/mol. The van der Waals surface area contributed by atoms with Gasteiger partial charge in [-0.15, -0.1) is 0 Å². The first-order valence-electron chi connectivity index (χ1n) is 24.1. The first-order valence-corrected chi connectivity index (χ1v) is 24.1. The van der Waals surface area contributed by atoms with Crippen molar-refractivity contribution in [2.24, 2.45) is 0 Å². The fourth-order valence-electron chi connectivity index (χ4n) is 12.7. The number of anilines is 3. The fraction of sp³-hybridized carbons (Fsp3) is 0.0294. The van der Waals surface area contributed by atoms with Crippen LogP contribution in [0.25, 0.3) is 55.6 Å². The summed E-state index contributed by atoms with van der Waals surface area (Å²) in [5, 5.41) is 0. The minimum absolute atomic E-state index is 0.491. The van der Waals surface area contributed by atoms with Crippen LogP contribution in [0.2, 0.25) is 0 Å². The van der Waals surface area contributed by atoms with Crippen molar-refractivity contribution in [3.05, 3.63) is 317 Å². The molecule has 0 saturated heterocycles. The van der Waals surface area contributed by atoms with Crippen LogP contribution in [-0.2, 0) is 10.8 Å². The summed E-state index contributed by atoms with van der Waals surface area (Å²) in [6.07, 6.45) is 0. The monoisotopic (exact) mass is 875 g/mol. The van der Waals surface area contributed by atoms with Crippen LogP contribution in [0.15, 0.2) is 273 Å². The zero-order chi connectivity index (χ0) is 45.5. The molecule has 0 saturated carbocycles. The molecular formula is C68H45N. The van der Waals surface area contributed by atoms with Crippen molar-refractivity contribution in [3.8, 4) is 55.6 Å². The maximum Gasteiger partial charge on any atom is 0.0726 e. The third kappa shape index (κ3) is 5.53. The topological polar surface area (TPSA) is 3.24 Å². The van der Waals surface area contributed by atoms with Gasteiger partial charge in [-0.25, -0.2) is 0 Å². The van der Waals surface area contributed by atoms with E-state index in [-0.39, 0.29) is 0 Å². The van der Waals surface area contributed by atoms with E-state index in [9.17, 15) is 0 Å². The summed E-state index contributed by atoms with van der Waals surface area (Å²) >= 11 is 0. The van der Waals surface area contributed by atoms with Gasteiger partial charge in [0.15, 0.2) is 0 Å². The van der Waals surface area contributed by atoms with Crippen LogP contribution in [0.3, 0.4) is 0 Å². The number of hydrogen-bond acceptors (Lipinski definition) is 1. The zero-order valence-electron chi connectivity index (χ0n) is 37.9. The Hall–Kier alpha value is -8.78. The summed E-state index contributed by atoms with van der Waals surface area (Å²) in [4.78, 5) is 2.58. The second-order valence-corrected chi connectivity index (χ2v) is 18.6. The molecule has 0 amide bonds. The van der Waals surface area contributed by atoms with E-state index >= 15 is 0 Å². The second-order valence-electron chi connectivity index (χ2n) is 18.6. The largest absolute Gasteiger partial charge is 0.309 e. The Balaban J connectivity index is 1.07. The summed E-state index contributed by atoms with van der Waals surface area (Å²) < 4.78 is 0. The van der Waals surface area contributed by atoms with Crippen LogP contribution in [0.5, 0.6) is 0 Å². The molecule has 14 rings (SSSR count).